The molecule has 0 aliphatic carbocycles. The zero-order valence-corrected chi connectivity index (χ0v) is 20.6. The van der Waals surface area contributed by atoms with Crippen molar-refractivity contribution in [3.05, 3.63) is 54.4 Å². The Morgan fingerprint density at radius 1 is 1.17 bits per heavy atom. The molecule has 3 N–H and O–H groups in total. The van der Waals surface area contributed by atoms with Gasteiger partial charge in [0.1, 0.15) is 23.9 Å². The van der Waals surface area contributed by atoms with Crippen LogP contribution < -0.4 is 11.1 Å². The first kappa shape index (κ1) is 23.7. The molecule has 186 valence electrons. The first-order valence-corrected chi connectivity index (χ1v) is 12.1. The molecule has 2 amide bonds. The molecule has 36 heavy (non-hydrogen) atoms. The maximum atomic E-state index is 12.8. The van der Waals surface area contributed by atoms with Crippen molar-refractivity contribution in [2.75, 3.05) is 30.7 Å². The molecule has 9 nitrogen and oxygen atoms in total. The molecule has 4 heterocycles. The summed E-state index contributed by atoms with van der Waals surface area (Å²) < 4.78 is 8.08. The molecular formula is C27H30N6O3. The Morgan fingerprint density at radius 2 is 1.89 bits per heavy atom. The highest BCUT2D eigenvalue weighted by Gasteiger charge is 2.31. The topological polar surface area (TPSA) is 115 Å². The number of nitrogens with one attached hydrogen (secondary N) is 1. The maximum Gasteiger partial charge on any atom is 0.252 e. The molecular weight excluding hydrogens is 456 g/mol. The van der Waals surface area contributed by atoms with Gasteiger partial charge in [-0.1, -0.05) is 24.8 Å². The third-order valence-electron chi connectivity index (χ3n) is 6.83. The zero-order valence-electron chi connectivity index (χ0n) is 20.6. The number of benzene rings is 1. The van der Waals surface area contributed by atoms with E-state index in [0.717, 1.165) is 53.7 Å². The summed E-state index contributed by atoms with van der Waals surface area (Å²) in [6.45, 7) is 7.25. The molecule has 1 aromatic carbocycles. The number of rotatable bonds is 5. The maximum absolute atomic E-state index is 12.8. The summed E-state index contributed by atoms with van der Waals surface area (Å²) in [6, 6.07) is 7.59. The number of aryl methyl sites for hydroxylation is 1. The normalized spacial score (nSPS) is 17.8. The molecule has 3 aromatic rings. The van der Waals surface area contributed by atoms with Crippen LogP contribution in [0.1, 0.15) is 31.7 Å². The fraction of sp³-hybridized carbons (Fsp3) is 0.333. The average molecular weight is 487 g/mol. The van der Waals surface area contributed by atoms with Crippen LogP contribution in [0, 0.1) is 0 Å². The summed E-state index contributed by atoms with van der Waals surface area (Å²) in [4.78, 5) is 35.5. The summed E-state index contributed by atoms with van der Waals surface area (Å²) in [5.74, 6) is 0.230. The summed E-state index contributed by atoms with van der Waals surface area (Å²) in [7, 11) is 1.94. The van der Waals surface area contributed by atoms with Gasteiger partial charge >= 0.3 is 0 Å². The third kappa shape index (κ3) is 4.26. The van der Waals surface area contributed by atoms with E-state index in [2.05, 4.69) is 27.9 Å². The minimum absolute atomic E-state index is 0.0659. The minimum atomic E-state index is -0.463. The lowest BCUT2D eigenvalue weighted by Gasteiger charge is -2.26. The largest absolute Gasteiger partial charge is 0.383 e. The van der Waals surface area contributed by atoms with Gasteiger partial charge in [0.15, 0.2) is 0 Å². The van der Waals surface area contributed by atoms with Gasteiger partial charge in [-0.05, 0) is 43.0 Å². The Hall–Kier alpha value is -3.98. The van der Waals surface area contributed by atoms with E-state index in [1.165, 1.54) is 6.33 Å². The molecule has 5 rings (SSSR count). The lowest BCUT2D eigenvalue weighted by atomic mass is 9.96. The van der Waals surface area contributed by atoms with Crippen LogP contribution in [0.5, 0.6) is 0 Å². The third-order valence-corrected chi connectivity index (χ3v) is 6.83. The highest BCUT2D eigenvalue weighted by molar-refractivity contribution is 6.05. The number of nitrogens with zero attached hydrogens (tertiary/aromatic N) is 4. The Morgan fingerprint density at radius 3 is 2.53 bits per heavy atom. The average Bonchev–Trinajstić information content (AvgIpc) is 3.52. The van der Waals surface area contributed by atoms with Crippen LogP contribution in [0.4, 0.5) is 11.5 Å². The van der Waals surface area contributed by atoms with E-state index in [0.29, 0.717) is 29.1 Å². The van der Waals surface area contributed by atoms with Crippen molar-refractivity contribution in [3.63, 3.8) is 0 Å². The van der Waals surface area contributed by atoms with Crippen LogP contribution in [0.3, 0.4) is 0 Å². The summed E-state index contributed by atoms with van der Waals surface area (Å²) in [5, 5.41) is 3.59. The molecule has 0 saturated carbocycles. The number of anilines is 2. The van der Waals surface area contributed by atoms with E-state index in [9.17, 15) is 9.59 Å². The van der Waals surface area contributed by atoms with Crippen molar-refractivity contribution in [1.29, 1.82) is 0 Å². The second-order valence-electron chi connectivity index (χ2n) is 9.35. The van der Waals surface area contributed by atoms with Gasteiger partial charge in [0.2, 0.25) is 0 Å². The van der Waals surface area contributed by atoms with Gasteiger partial charge < -0.3 is 25.3 Å². The van der Waals surface area contributed by atoms with E-state index in [-0.39, 0.29) is 18.4 Å². The number of likely N-dealkylation sites (tertiary alicyclic amines) is 1. The van der Waals surface area contributed by atoms with E-state index >= 15 is 0 Å². The van der Waals surface area contributed by atoms with Gasteiger partial charge in [0.25, 0.3) is 11.8 Å². The van der Waals surface area contributed by atoms with Crippen LogP contribution in [0.2, 0.25) is 0 Å². The quantitative estimate of drug-likeness (QED) is 0.533. The van der Waals surface area contributed by atoms with E-state index in [4.69, 9.17) is 10.5 Å². The molecule has 0 unspecified atom stereocenters. The Bertz CT molecular complexity index is 1380. The van der Waals surface area contributed by atoms with Gasteiger partial charge in [-0.3, -0.25) is 9.59 Å². The predicted molar refractivity (Wildman–Crippen MR) is 140 cm³/mol. The van der Waals surface area contributed by atoms with Gasteiger partial charge in [-0.15, -0.1) is 0 Å². The lowest BCUT2D eigenvalue weighted by molar-refractivity contribution is -0.141. The second kappa shape index (κ2) is 9.58. The van der Waals surface area contributed by atoms with Crippen molar-refractivity contribution in [1.82, 2.24) is 19.4 Å². The first-order valence-electron chi connectivity index (χ1n) is 12.1. The molecule has 2 aromatic heterocycles. The second-order valence-corrected chi connectivity index (χ2v) is 9.35. The molecule has 9 heteroatoms. The highest BCUT2D eigenvalue weighted by atomic mass is 16.5. The monoisotopic (exact) mass is 486 g/mol. The molecule has 1 fully saturated rings. The standard InChI is InChI=1S/C27H30N6O3/c1-16(2)26(34)31-19-9-6-17(7-10-19)23-21(22-24(28)29-15-30-25(22)32(23)3)18-8-11-20(36-14-18)27(35)33-12-4-5-13-33/h6-10,15,20H,1,4-5,11-14H2,2-3H3,(H,31,34)(H2,28,29,30)/t20-/m0/s1. The van der Waals surface area contributed by atoms with Gasteiger partial charge in [-0.2, -0.15) is 0 Å². The molecule has 2 aliphatic heterocycles. The van der Waals surface area contributed by atoms with Crippen molar-refractivity contribution in [3.8, 4) is 11.3 Å². The van der Waals surface area contributed by atoms with Crippen molar-refractivity contribution in [2.24, 2.45) is 7.05 Å². The van der Waals surface area contributed by atoms with Crippen molar-refractivity contribution < 1.29 is 14.3 Å². The fourth-order valence-corrected chi connectivity index (χ4v) is 4.93. The lowest BCUT2D eigenvalue weighted by Crippen LogP contribution is -2.39. The molecule has 2 aliphatic rings. The SMILES string of the molecule is C=C(C)C(=O)Nc1ccc(-c2c(C3=CC[C@@H](C(=O)N4CCCC4)OC3)c3c(N)ncnc3n2C)cc1. The summed E-state index contributed by atoms with van der Waals surface area (Å²) in [6.07, 6.45) is 5.67. The van der Waals surface area contributed by atoms with Crippen LogP contribution >= 0.6 is 0 Å². The van der Waals surface area contributed by atoms with Crippen molar-refractivity contribution >= 4 is 39.9 Å². The first-order chi connectivity index (χ1) is 17.3. The summed E-state index contributed by atoms with van der Waals surface area (Å²) >= 11 is 0. The molecule has 1 atom stereocenters. The number of hydrogen-bond donors (Lipinski definition) is 2. The molecule has 1 saturated heterocycles. The number of amides is 2. The smallest absolute Gasteiger partial charge is 0.252 e. The van der Waals surface area contributed by atoms with Gasteiger partial charge in [0, 0.05) is 43.4 Å². The van der Waals surface area contributed by atoms with Crippen LogP contribution in [-0.2, 0) is 21.4 Å². The van der Waals surface area contributed by atoms with E-state index < -0.39 is 6.10 Å². The van der Waals surface area contributed by atoms with Crippen molar-refractivity contribution in [2.45, 2.75) is 32.3 Å². The number of carbonyl (C=O) groups excluding carboxylic acids is 2. The molecule has 0 radical (unpaired) electrons. The Kier molecular flexibility index (Phi) is 6.32. The van der Waals surface area contributed by atoms with Crippen LogP contribution in [0.15, 0.2) is 48.8 Å². The fourth-order valence-electron chi connectivity index (χ4n) is 4.93. The van der Waals surface area contributed by atoms with E-state index in [1.54, 1.807) is 6.92 Å². The Balaban J connectivity index is 1.53. The number of ether oxygens (including phenoxy) is 1. The zero-order chi connectivity index (χ0) is 25.4. The minimum Gasteiger partial charge on any atom is -0.383 e. The number of hydrogen-bond acceptors (Lipinski definition) is 6. The molecule has 0 spiro atoms. The number of aromatic nitrogens is 3. The number of fused-ring (bicyclic) bond motifs is 1. The summed E-state index contributed by atoms with van der Waals surface area (Å²) in [5.41, 5.74) is 11.8. The van der Waals surface area contributed by atoms with Gasteiger partial charge in [0.05, 0.1) is 17.7 Å². The van der Waals surface area contributed by atoms with Crippen LogP contribution in [-0.4, -0.2) is 57.0 Å². The van der Waals surface area contributed by atoms with Crippen LogP contribution in [0.25, 0.3) is 27.9 Å². The number of nitrogen functional groups attached to an aromatic ring is 1. The van der Waals surface area contributed by atoms with Gasteiger partial charge in [-0.25, -0.2) is 9.97 Å². The molecule has 0 bridgehead atoms. The van der Waals surface area contributed by atoms with E-state index in [1.807, 2.05) is 40.8 Å². The number of carbonyl (C=O) groups is 2. The Labute approximate surface area is 209 Å². The predicted octanol–water partition coefficient (Wildman–Crippen LogP) is 3.53. The highest BCUT2D eigenvalue weighted by Crippen LogP contribution is 2.40. The number of nitrogens with two attached hydrogens (primary N) is 1.